The zero-order valence-electron chi connectivity index (χ0n) is 9.29. The van der Waals surface area contributed by atoms with Crippen molar-refractivity contribution in [3.8, 4) is 0 Å². The Kier molecular flexibility index (Phi) is 3.78. The Hall–Kier alpha value is -0.730. The monoisotopic (exact) mass is 199 g/mol. The minimum absolute atomic E-state index is 0.163. The number of rotatable bonds is 2. The van der Waals surface area contributed by atoms with Gasteiger partial charge in [-0.25, -0.2) is 4.79 Å². The van der Waals surface area contributed by atoms with Crippen LogP contribution in [0.2, 0.25) is 0 Å². The van der Waals surface area contributed by atoms with Gasteiger partial charge in [0, 0.05) is 6.04 Å². The first-order chi connectivity index (χ1) is 6.50. The normalized spacial score (nSPS) is 33.0. The van der Waals surface area contributed by atoms with Crippen LogP contribution in [-0.2, 0) is 0 Å². The Balaban J connectivity index is 2.58. The minimum atomic E-state index is -0.880. The van der Waals surface area contributed by atoms with Crippen LogP contribution in [-0.4, -0.2) is 17.2 Å². The number of nitrogens with one attached hydrogen (secondary N) is 1. The molecule has 0 spiro atoms. The molecule has 14 heavy (non-hydrogen) atoms. The second-order valence-electron chi connectivity index (χ2n) is 4.88. The highest BCUT2D eigenvalue weighted by Gasteiger charge is 2.31. The van der Waals surface area contributed by atoms with Crippen molar-refractivity contribution >= 4 is 6.09 Å². The van der Waals surface area contributed by atoms with Crippen LogP contribution in [0.1, 0.15) is 40.0 Å². The average Bonchev–Trinajstić information content (AvgIpc) is 2.01. The Bertz CT molecular complexity index is 203. The molecule has 0 aromatic carbocycles. The maximum atomic E-state index is 10.6. The molecule has 1 aliphatic carbocycles. The number of hydrogen-bond donors (Lipinski definition) is 2. The Morgan fingerprint density at radius 3 is 2.57 bits per heavy atom. The first kappa shape index (κ1) is 11.3. The second-order valence-corrected chi connectivity index (χ2v) is 4.88. The number of carboxylic acid groups (broad SMARTS) is 1. The van der Waals surface area contributed by atoms with E-state index in [1.54, 1.807) is 0 Å². The van der Waals surface area contributed by atoms with Gasteiger partial charge in [-0.1, -0.05) is 27.2 Å². The summed E-state index contributed by atoms with van der Waals surface area (Å²) < 4.78 is 0. The van der Waals surface area contributed by atoms with E-state index in [1.165, 1.54) is 6.42 Å². The van der Waals surface area contributed by atoms with Gasteiger partial charge in [0.05, 0.1) is 0 Å². The van der Waals surface area contributed by atoms with E-state index in [1.807, 2.05) is 0 Å². The molecule has 1 fully saturated rings. The molecule has 0 aromatic heterocycles. The predicted molar refractivity (Wildman–Crippen MR) is 56.3 cm³/mol. The lowest BCUT2D eigenvalue weighted by Crippen LogP contribution is -2.45. The Morgan fingerprint density at radius 2 is 2.07 bits per heavy atom. The zero-order chi connectivity index (χ0) is 10.7. The van der Waals surface area contributed by atoms with Gasteiger partial charge >= 0.3 is 6.09 Å². The highest BCUT2D eigenvalue weighted by Crippen LogP contribution is 2.33. The molecule has 3 heteroatoms. The van der Waals surface area contributed by atoms with Crippen LogP contribution in [0.3, 0.4) is 0 Å². The highest BCUT2D eigenvalue weighted by molar-refractivity contribution is 5.64. The standard InChI is InChI=1S/C11H21NO2/c1-7(2)9-5-4-8(3)6-10(9)12-11(13)14/h7-10,12H,4-6H2,1-3H3,(H,13,14)/t8-,9+,10+/m1/s1. The van der Waals surface area contributed by atoms with Crippen molar-refractivity contribution in [1.29, 1.82) is 0 Å². The van der Waals surface area contributed by atoms with Gasteiger partial charge in [-0.05, 0) is 30.6 Å². The van der Waals surface area contributed by atoms with Crippen LogP contribution in [0.15, 0.2) is 0 Å². The fourth-order valence-corrected chi connectivity index (χ4v) is 2.53. The van der Waals surface area contributed by atoms with Gasteiger partial charge in [0.1, 0.15) is 0 Å². The molecule has 0 heterocycles. The van der Waals surface area contributed by atoms with Gasteiger partial charge in [-0.3, -0.25) is 0 Å². The molecule has 0 aliphatic heterocycles. The largest absolute Gasteiger partial charge is 0.465 e. The van der Waals surface area contributed by atoms with E-state index < -0.39 is 6.09 Å². The zero-order valence-corrected chi connectivity index (χ0v) is 9.29. The quantitative estimate of drug-likeness (QED) is 0.718. The lowest BCUT2D eigenvalue weighted by Gasteiger charge is -2.37. The second kappa shape index (κ2) is 4.67. The van der Waals surface area contributed by atoms with Gasteiger partial charge in [0.15, 0.2) is 0 Å². The summed E-state index contributed by atoms with van der Waals surface area (Å²) in [6.07, 6.45) is 2.51. The van der Waals surface area contributed by atoms with Crippen molar-refractivity contribution in [1.82, 2.24) is 5.32 Å². The fourth-order valence-electron chi connectivity index (χ4n) is 2.53. The third kappa shape index (κ3) is 2.89. The molecule has 0 saturated heterocycles. The lowest BCUT2D eigenvalue weighted by atomic mass is 9.74. The maximum absolute atomic E-state index is 10.6. The molecule has 3 nitrogen and oxygen atoms in total. The molecule has 3 atom stereocenters. The third-order valence-electron chi connectivity index (χ3n) is 3.33. The first-order valence-corrected chi connectivity index (χ1v) is 5.50. The summed E-state index contributed by atoms with van der Waals surface area (Å²) in [6.45, 7) is 6.56. The molecule has 2 N–H and O–H groups in total. The van der Waals surface area contributed by atoms with Crippen LogP contribution in [0, 0.1) is 17.8 Å². The molecule has 0 aromatic rings. The summed E-state index contributed by atoms with van der Waals surface area (Å²) in [5.41, 5.74) is 0. The molecule has 1 amide bonds. The molecule has 0 bridgehead atoms. The van der Waals surface area contributed by atoms with Gasteiger partial charge in [-0.15, -0.1) is 0 Å². The van der Waals surface area contributed by atoms with Crippen LogP contribution >= 0.6 is 0 Å². The SMILES string of the molecule is CC(C)[C@@H]1CC[C@@H](C)C[C@@H]1NC(=O)O. The van der Waals surface area contributed by atoms with Gasteiger partial charge in [0.2, 0.25) is 0 Å². The van der Waals surface area contributed by atoms with Crippen molar-refractivity contribution in [2.75, 3.05) is 0 Å². The third-order valence-corrected chi connectivity index (χ3v) is 3.33. The molecular weight excluding hydrogens is 178 g/mol. The van der Waals surface area contributed by atoms with E-state index >= 15 is 0 Å². The number of carbonyl (C=O) groups is 1. The fraction of sp³-hybridized carbons (Fsp3) is 0.909. The van der Waals surface area contributed by atoms with Crippen molar-refractivity contribution in [3.63, 3.8) is 0 Å². The highest BCUT2D eigenvalue weighted by atomic mass is 16.4. The smallest absolute Gasteiger partial charge is 0.404 e. The van der Waals surface area contributed by atoms with E-state index in [9.17, 15) is 4.79 Å². The van der Waals surface area contributed by atoms with E-state index in [-0.39, 0.29) is 6.04 Å². The van der Waals surface area contributed by atoms with Crippen molar-refractivity contribution in [2.45, 2.75) is 46.1 Å². The van der Waals surface area contributed by atoms with Crippen molar-refractivity contribution in [2.24, 2.45) is 17.8 Å². The Labute approximate surface area is 85.9 Å². The molecular formula is C11H21NO2. The van der Waals surface area contributed by atoms with Gasteiger partial charge in [0.25, 0.3) is 0 Å². The number of amides is 1. The van der Waals surface area contributed by atoms with Crippen LogP contribution < -0.4 is 5.32 Å². The summed E-state index contributed by atoms with van der Waals surface area (Å²) in [5, 5.41) is 11.4. The summed E-state index contributed by atoms with van der Waals surface area (Å²) >= 11 is 0. The summed E-state index contributed by atoms with van der Waals surface area (Å²) in [5.74, 6) is 1.74. The first-order valence-electron chi connectivity index (χ1n) is 5.50. The summed E-state index contributed by atoms with van der Waals surface area (Å²) in [7, 11) is 0. The Morgan fingerprint density at radius 1 is 1.43 bits per heavy atom. The van der Waals surface area contributed by atoms with E-state index in [0.29, 0.717) is 17.8 Å². The topological polar surface area (TPSA) is 49.3 Å². The summed E-state index contributed by atoms with van der Waals surface area (Å²) in [4.78, 5) is 10.6. The predicted octanol–water partition coefficient (Wildman–Crippen LogP) is 2.71. The van der Waals surface area contributed by atoms with E-state index in [0.717, 1.165) is 12.8 Å². The molecule has 1 rings (SSSR count). The molecule has 1 aliphatic rings. The van der Waals surface area contributed by atoms with Crippen LogP contribution in [0.4, 0.5) is 4.79 Å². The van der Waals surface area contributed by atoms with Crippen molar-refractivity contribution in [3.05, 3.63) is 0 Å². The summed E-state index contributed by atoms with van der Waals surface area (Å²) in [6, 6.07) is 0.163. The molecule has 0 unspecified atom stereocenters. The maximum Gasteiger partial charge on any atom is 0.404 e. The van der Waals surface area contributed by atoms with Crippen molar-refractivity contribution < 1.29 is 9.90 Å². The minimum Gasteiger partial charge on any atom is -0.465 e. The van der Waals surface area contributed by atoms with Gasteiger partial charge < -0.3 is 10.4 Å². The molecule has 0 radical (unpaired) electrons. The molecule has 82 valence electrons. The van der Waals surface area contributed by atoms with E-state index in [4.69, 9.17) is 5.11 Å². The average molecular weight is 199 g/mol. The van der Waals surface area contributed by atoms with E-state index in [2.05, 4.69) is 26.1 Å². The van der Waals surface area contributed by atoms with Crippen LogP contribution in [0.5, 0.6) is 0 Å². The molecule has 1 saturated carbocycles. The van der Waals surface area contributed by atoms with Crippen LogP contribution in [0.25, 0.3) is 0 Å². The van der Waals surface area contributed by atoms with Gasteiger partial charge in [-0.2, -0.15) is 0 Å². The number of hydrogen-bond acceptors (Lipinski definition) is 1. The lowest BCUT2D eigenvalue weighted by molar-refractivity contribution is 0.147.